The van der Waals surface area contributed by atoms with Crippen molar-refractivity contribution in [2.45, 2.75) is 64.1 Å². The van der Waals surface area contributed by atoms with E-state index in [-0.39, 0.29) is 12.3 Å². The summed E-state index contributed by atoms with van der Waals surface area (Å²) in [6.07, 6.45) is 10.7. The van der Waals surface area contributed by atoms with Gasteiger partial charge in [-0.2, -0.15) is 0 Å². The third kappa shape index (κ3) is 4.43. The van der Waals surface area contributed by atoms with Crippen LogP contribution in [0.2, 0.25) is 0 Å². The molecule has 0 aromatic heterocycles. The van der Waals surface area contributed by atoms with Crippen molar-refractivity contribution in [1.29, 1.82) is 0 Å². The lowest BCUT2D eigenvalue weighted by atomic mass is 9.66. The van der Waals surface area contributed by atoms with Crippen LogP contribution in [0, 0.1) is 17.8 Å². The Hall–Kier alpha value is -1.13. The Morgan fingerprint density at radius 1 is 1.23 bits per heavy atom. The summed E-state index contributed by atoms with van der Waals surface area (Å²) in [6, 6.07) is 0. The number of aliphatic hydroxyl groups is 2. The van der Waals surface area contributed by atoms with Gasteiger partial charge < -0.3 is 15.3 Å². The highest BCUT2D eigenvalue weighted by molar-refractivity contribution is 5.66. The first kappa shape index (κ1) is 17.2. The van der Waals surface area contributed by atoms with Crippen LogP contribution < -0.4 is 0 Å². The molecule has 0 bridgehead atoms. The molecule has 0 radical (unpaired) electrons. The fourth-order valence-electron chi connectivity index (χ4n) is 3.90. The van der Waals surface area contributed by atoms with Gasteiger partial charge in [-0.1, -0.05) is 44.4 Å². The lowest BCUT2D eigenvalue weighted by Gasteiger charge is -2.41. The monoisotopic (exact) mass is 308 g/mol. The number of carbonyl (C=O) groups is 1. The quantitative estimate of drug-likeness (QED) is 0.632. The molecule has 5 atom stereocenters. The van der Waals surface area contributed by atoms with Crippen LogP contribution in [0.1, 0.15) is 51.9 Å². The average molecular weight is 308 g/mol. The Morgan fingerprint density at radius 2 is 1.95 bits per heavy atom. The lowest BCUT2D eigenvalue weighted by Crippen LogP contribution is -2.39. The van der Waals surface area contributed by atoms with Crippen molar-refractivity contribution in [2.75, 3.05) is 0 Å². The minimum atomic E-state index is -0.718. The second-order valence-corrected chi connectivity index (χ2v) is 6.79. The molecule has 0 aromatic carbocycles. The number of carboxylic acid groups (broad SMARTS) is 1. The summed E-state index contributed by atoms with van der Waals surface area (Å²) in [5, 5.41) is 28.8. The fraction of sp³-hybridized carbons (Fsp3) is 0.722. The van der Waals surface area contributed by atoms with Gasteiger partial charge in [-0.25, -0.2) is 0 Å². The van der Waals surface area contributed by atoms with E-state index in [0.29, 0.717) is 18.3 Å². The summed E-state index contributed by atoms with van der Waals surface area (Å²) < 4.78 is 0. The molecule has 0 spiro atoms. The van der Waals surface area contributed by atoms with Crippen LogP contribution in [0.25, 0.3) is 0 Å². The molecule has 0 saturated carbocycles. The molecular weight excluding hydrogens is 280 g/mol. The number of aliphatic carboxylic acids is 1. The Kier molecular flexibility index (Phi) is 6.21. The minimum Gasteiger partial charge on any atom is -0.481 e. The molecule has 2 rings (SSSR count). The van der Waals surface area contributed by atoms with E-state index in [9.17, 15) is 15.0 Å². The molecule has 0 aromatic rings. The van der Waals surface area contributed by atoms with Crippen LogP contribution in [0.5, 0.6) is 0 Å². The number of carboxylic acids is 1. The van der Waals surface area contributed by atoms with E-state index in [1.807, 2.05) is 6.08 Å². The lowest BCUT2D eigenvalue weighted by molar-refractivity contribution is -0.137. The topological polar surface area (TPSA) is 77.8 Å². The summed E-state index contributed by atoms with van der Waals surface area (Å²) >= 11 is 0. The summed E-state index contributed by atoms with van der Waals surface area (Å²) in [7, 11) is 0. The summed E-state index contributed by atoms with van der Waals surface area (Å²) in [4.78, 5) is 10.5. The standard InChI is InChI=1S/C18H28O4/c1-12-8-9-13-10-14(19)11-16(20)18(13)15(12)6-4-2-3-5-7-17(21)22/h8-10,12,14-16,18-20H,2-7,11H2,1H3,(H,21,22)/t12-,14-,15+,16+,18+/m1/s1. The zero-order valence-electron chi connectivity index (χ0n) is 13.3. The minimum absolute atomic E-state index is 0.141. The Balaban J connectivity index is 1.85. The normalized spacial score (nSPS) is 34.1. The Morgan fingerprint density at radius 3 is 2.68 bits per heavy atom. The Bertz CT molecular complexity index is 440. The Labute approximate surface area is 132 Å². The van der Waals surface area contributed by atoms with Crippen molar-refractivity contribution in [1.82, 2.24) is 0 Å². The number of unbranched alkanes of at least 4 members (excludes halogenated alkanes) is 3. The zero-order valence-corrected chi connectivity index (χ0v) is 13.3. The van der Waals surface area contributed by atoms with Gasteiger partial charge in [-0.15, -0.1) is 0 Å². The molecule has 2 aliphatic carbocycles. The van der Waals surface area contributed by atoms with Crippen molar-refractivity contribution in [3.63, 3.8) is 0 Å². The van der Waals surface area contributed by atoms with E-state index in [0.717, 1.165) is 37.7 Å². The van der Waals surface area contributed by atoms with Gasteiger partial charge in [0.25, 0.3) is 0 Å². The van der Waals surface area contributed by atoms with Gasteiger partial charge in [-0.05, 0) is 30.3 Å². The van der Waals surface area contributed by atoms with E-state index < -0.39 is 18.2 Å². The summed E-state index contributed by atoms with van der Waals surface area (Å²) in [5.41, 5.74) is 1.08. The van der Waals surface area contributed by atoms with E-state index in [4.69, 9.17) is 5.11 Å². The average Bonchev–Trinajstić information content (AvgIpc) is 2.44. The maximum Gasteiger partial charge on any atom is 0.303 e. The largest absolute Gasteiger partial charge is 0.481 e. The molecule has 0 aliphatic heterocycles. The van der Waals surface area contributed by atoms with Crippen LogP contribution in [-0.2, 0) is 4.79 Å². The van der Waals surface area contributed by atoms with Crippen molar-refractivity contribution in [2.24, 2.45) is 17.8 Å². The van der Waals surface area contributed by atoms with Gasteiger partial charge in [0.1, 0.15) is 0 Å². The second kappa shape index (κ2) is 7.93. The molecule has 4 heteroatoms. The molecular formula is C18H28O4. The molecule has 0 saturated heterocycles. The molecule has 0 amide bonds. The van der Waals surface area contributed by atoms with Crippen molar-refractivity contribution < 1.29 is 20.1 Å². The van der Waals surface area contributed by atoms with E-state index in [2.05, 4.69) is 19.1 Å². The molecule has 2 aliphatic rings. The van der Waals surface area contributed by atoms with Gasteiger partial charge in [0.15, 0.2) is 0 Å². The third-order valence-corrected chi connectivity index (χ3v) is 5.07. The van der Waals surface area contributed by atoms with Crippen LogP contribution in [0.4, 0.5) is 0 Å². The maximum absolute atomic E-state index is 10.5. The van der Waals surface area contributed by atoms with Crippen LogP contribution in [0.3, 0.4) is 0 Å². The number of allylic oxidation sites excluding steroid dienone is 2. The summed E-state index contributed by atoms with van der Waals surface area (Å²) in [5.74, 6) is 0.274. The van der Waals surface area contributed by atoms with Gasteiger partial charge in [0.2, 0.25) is 0 Å². The SMILES string of the molecule is C[C@@H]1C=CC2=C[C@@H](O)C[C@H](O)[C@@H]2[C@H]1CCCCCCC(=O)O. The highest BCUT2D eigenvalue weighted by Gasteiger charge is 2.38. The fourth-order valence-corrected chi connectivity index (χ4v) is 3.90. The van der Waals surface area contributed by atoms with E-state index in [1.165, 1.54) is 0 Å². The van der Waals surface area contributed by atoms with Crippen LogP contribution >= 0.6 is 0 Å². The first-order chi connectivity index (χ1) is 10.5. The predicted octanol–water partition coefficient (Wildman–Crippen LogP) is 2.90. The number of aliphatic hydroxyl groups excluding tert-OH is 2. The maximum atomic E-state index is 10.5. The summed E-state index contributed by atoms with van der Waals surface area (Å²) in [6.45, 7) is 2.19. The number of hydrogen-bond acceptors (Lipinski definition) is 3. The van der Waals surface area contributed by atoms with Gasteiger partial charge in [0.05, 0.1) is 12.2 Å². The zero-order chi connectivity index (χ0) is 16.1. The molecule has 4 nitrogen and oxygen atoms in total. The third-order valence-electron chi connectivity index (χ3n) is 5.07. The highest BCUT2D eigenvalue weighted by atomic mass is 16.4. The molecule has 0 heterocycles. The van der Waals surface area contributed by atoms with Gasteiger partial charge in [0, 0.05) is 18.8 Å². The first-order valence-electron chi connectivity index (χ1n) is 8.47. The molecule has 3 N–H and O–H groups in total. The van der Waals surface area contributed by atoms with Crippen molar-refractivity contribution in [3.05, 3.63) is 23.8 Å². The number of fused-ring (bicyclic) bond motifs is 1. The van der Waals surface area contributed by atoms with E-state index in [1.54, 1.807) is 0 Å². The van der Waals surface area contributed by atoms with Crippen LogP contribution in [-0.4, -0.2) is 33.5 Å². The number of rotatable bonds is 7. The second-order valence-electron chi connectivity index (χ2n) is 6.79. The van der Waals surface area contributed by atoms with Gasteiger partial charge >= 0.3 is 5.97 Å². The molecule has 22 heavy (non-hydrogen) atoms. The molecule has 0 unspecified atom stereocenters. The molecule has 124 valence electrons. The van der Waals surface area contributed by atoms with Crippen molar-refractivity contribution in [3.8, 4) is 0 Å². The van der Waals surface area contributed by atoms with Crippen LogP contribution in [0.15, 0.2) is 23.8 Å². The van der Waals surface area contributed by atoms with Gasteiger partial charge in [-0.3, -0.25) is 4.79 Å². The number of hydrogen-bond donors (Lipinski definition) is 3. The first-order valence-corrected chi connectivity index (χ1v) is 8.47. The smallest absolute Gasteiger partial charge is 0.303 e. The van der Waals surface area contributed by atoms with E-state index >= 15 is 0 Å². The van der Waals surface area contributed by atoms with Crippen molar-refractivity contribution >= 4 is 5.97 Å². The molecule has 0 fully saturated rings. The highest BCUT2D eigenvalue weighted by Crippen LogP contribution is 2.42. The predicted molar refractivity (Wildman–Crippen MR) is 85.3 cm³/mol.